The van der Waals surface area contributed by atoms with Gasteiger partial charge in [0.1, 0.15) is 0 Å². The lowest BCUT2D eigenvalue weighted by molar-refractivity contribution is 0.402. The van der Waals surface area contributed by atoms with E-state index in [1.165, 1.54) is 22.4 Å². The molecule has 0 radical (unpaired) electrons. The molecule has 2 aromatic carbocycles. The van der Waals surface area contributed by atoms with E-state index in [0.29, 0.717) is 0 Å². The quantitative estimate of drug-likeness (QED) is 0.886. The standard InChI is InChI=1S/C18H24N2OS/c1-14-5-6-16(13-20(2)3)11-18(14)19-12-15-7-9-17(10-8-15)22(4)21/h5-11,19H,12-13H2,1-4H3. The summed E-state index contributed by atoms with van der Waals surface area (Å²) in [4.78, 5) is 3.03. The Labute approximate surface area is 135 Å². The molecule has 0 heterocycles. The highest BCUT2D eigenvalue weighted by Crippen LogP contribution is 2.19. The maximum Gasteiger partial charge on any atom is 0.0498 e. The van der Waals surface area contributed by atoms with Crippen molar-refractivity contribution in [1.82, 2.24) is 4.90 Å². The first-order valence-corrected chi connectivity index (χ1v) is 8.92. The summed E-state index contributed by atoms with van der Waals surface area (Å²) in [5, 5.41) is 3.50. The normalized spacial score (nSPS) is 12.4. The van der Waals surface area contributed by atoms with Gasteiger partial charge in [0.15, 0.2) is 0 Å². The monoisotopic (exact) mass is 316 g/mol. The van der Waals surface area contributed by atoms with Crippen LogP contribution in [0.3, 0.4) is 0 Å². The van der Waals surface area contributed by atoms with E-state index in [-0.39, 0.29) is 0 Å². The molecule has 0 aliphatic carbocycles. The van der Waals surface area contributed by atoms with Crippen molar-refractivity contribution in [3.63, 3.8) is 0 Å². The molecular formula is C18H24N2OS. The van der Waals surface area contributed by atoms with E-state index in [1.54, 1.807) is 6.26 Å². The Hall–Kier alpha value is -1.65. The van der Waals surface area contributed by atoms with Crippen LogP contribution in [0.1, 0.15) is 16.7 Å². The Morgan fingerprint density at radius 1 is 1.05 bits per heavy atom. The zero-order chi connectivity index (χ0) is 16.1. The molecule has 0 bridgehead atoms. The molecule has 22 heavy (non-hydrogen) atoms. The maximum absolute atomic E-state index is 11.4. The van der Waals surface area contributed by atoms with Gasteiger partial charge in [-0.2, -0.15) is 0 Å². The minimum absolute atomic E-state index is 0.767. The number of benzene rings is 2. The first-order chi connectivity index (χ1) is 10.5. The summed E-state index contributed by atoms with van der Waals surface area (Å²) in [6.07, 6.45) is 1.70. The SMILES string of the molecule is Cc1ccc(CN(C)C)cc1NCc1ccc(S(C)=O)cc1. The molecule has 2 aromatic rings. The van der Waals surface area contributed by atoms with Crippen LogP contribution in [0.5, 0.6) is 0 Å². The van der Waals surface area contributed by atoms with E-state index in [1.807, 2.05) is 24.3 Å². The van der Waals surface area contributed by atoms with Gasteiger partial charge in [-0.3, -0.25) is 4.21 Å². The highest BCUT2D eigenvalue weighted by atomic mass is 32.2. The first-order valence-electron chi connectivity index (χ1n) is 7.36. The number of hydrogen-bond donors (Lipinski definition) is 1. The van der Waals surface area contributed by atoms with Gasteiger partial charge in [-0.1, -0.05) is 24.3 Å². The Bertz CT molecular complexity index is 651. The second-order valence-electron chi connectivity index (χ2n) is 5.84. The molecule has 0 aliphatic rings. The summed E-state index contributed by atoms with van der Waals surface area (Å²) in [6, 6.07) is 14.5. The molecule has 0 spiro atoms. The lowest BCUT2D eigenvalue weighted by Crippen LogP contribution is -2.11. The third-order valence-corrected chi connectivity index (χ3v) is 4.48. The minimum Gasteiger partial charge on any atom is -0.381 e. The van der Waals surface area contributed by atoms with Crippen molar-refractivity contribution in [3.8, 4) is 0 Å². The number of nitrogens with zero attached hydrogens (tertiary/aromatic N) is 1. The summed E-state index contributed by atoms with van der Waals surface area (Å²) < 4.78 is 11.4. The first kappa shape index (κ1) is 16.7. The maximum atomic E-state index is 11.4. The van der Waals surface area contributed by atoms with Gasteiger partial charge < -0.3 is 10.2 Å². The van der Waals surface area contributed by atoms with Gasteiger partial charge in [0, 0.05) is 40.7 Å². The van der Waals surface area contributed by atoms with Gasteiger partial charge in [-0.25, -0.2) is 0 Å². The zero-order valence-corrected chi connectivity index (χ0v) is 14.5. The van der Waals surface area contributed by atoms with Crippen molar-refractivity contribution in [3.05, 3.63) is 59.2 Å². The Morgan fingerprint density at radius 2 is 1.68 bits per heavy atom. The molecule has 0 aromatic heterocycles. The smallest absolute Gasteiger partial charge is 0.0498 e. The molecule has 1 unspecified atom stereocenters. The van der Waals surface area contributed by atoms with Crippen LogP contribution < -0.4 is 5.32 Å². The average molecular weight is 316 g/mol. The third-order valence-electron chi connectivity index (χ3n) is 3.54. The zero-order valence-electron chi connectivity index (χ0n) is 13.7. The number of anilines is 1. The van der Waals surface area contributed by atoms with E-state index in [0.717, 1.165) is 18.0 Å². The van der Waals surface area contributed by atoms with Crippen LogP contribution in [0, 0.1) is 6.92 Å². The van der Waals surface area contributed by atoms with Crippen molar-refractivity contribution < 1.29 is 4.21 Å². The van der Waals surface area contributed by atoms with E-state index in [2.05, 4.69) is 49.4 Å². The highest BCUT2D eigenvalue weighted by molar-refractivity contribution is 7.84. The van der Waals surface area contributed by atoms with Crippen LogP contribution in [0.15, 0.2) is 47.4 Å². The molecule has 0 fully saturated rings. The van der Waals surface area contributed by atoms with Gasteiger partial charge >= 0.3 is 0 Å². The van der Waals surface area contributed by atoms with Crippen molar-refractivity contribution in [2.75, 3.05) is 25.7 Å². The summed E-state index contributed by atoms with van der Waals surface area (Å²) in [5.41, 5.74) is 4.90. The predicted octanol–water partition coefficient (Wildman–Crippen LogP) is 3.41. The molecule has 0 aliphatic heterocycles. The second-order valence-corrected chi connectivity index (χ2v) is 7.22. The average Bonchev–Trinajstić information content (AvgIpc) is 2.47. The Kier molecular flexibility index (Phi) is 5.75. The highest BCUT2D eigenvalue weighted by Gasteiger charge is 2.03. The summed E-state index contributed by atoms with van der Waals surface area (Å²) in [5.74, 6) is 0. The number of rotatable bonds is 6. The van der Waals surface area contributed by atoms with Crippen LogP contribution in [-0.4, -0.2) is 29.5 Å². The number of hydrogen-bond acceptors (Lipinski definition) is 3. The molecule has 1 N–H and O–H groups in total. The molecule has 0 saturated heterocycles. The number of aryl methyl sites for hydroxylation is 1. The lowest BCUT2D eigenvalue weighted by atomic mass is 10.1. The number of nitrogens with one attached hydrogen (secondary N) is 1. The van der Waals surface area contributed by atoms with Crippen molar-refractivity contribution in [2.45, 2.75) is 24.9 Å². The summed E-state index contributed by atoms with van der Waals surface area (Å²) in [7, 11) is 3.24. The van der Waals surface area contributed by atoms with Gasteiger partial charge in [0.05, 0.1) is 0 Å². The van der Waals surface area contributed by atoms with Crippen LogP contribution in [0.4, 0.5) is 5.69 Å². The molecule has 1 atom stereocenters. The van der Waals surface area contributed by atoms with Crippen LogP contribution in [0.2, 0.25) is 0 Å². The fourth-order valence-electron chi connectivity index (χ4n) is 2.32. The molecule has 0 amide bonds. The van der Waals surface area contributed by atoms with Gasteiger partial charge in [-0.15, -0.1) is 0 Å². The topological polar surface area (TPSA) is 32.3 Å². The Balaban J connectivity index is 2.05. The van der Waals surface area contributed by atoms with Gasteiger partial charge in [-0.05, 0) is 55.9 Å². The van der Waals surface area contributed by atoms with Crippen LogP contribution in [0.25, 0.3) is 0 Å². The van der Waals surface area contributed by atoms with E-state index in [9.17, 15) is 4.21 Å². The summed E-state index contributed by atoms with van der Waals surface area (Å²) >= 11 is 0. The second kappa shape index (κ2) is 7.56. The van der Waals surface area contributed by atoms with Crippen LogP contribution >= 0.6 is 0 Å². The molecule has 4 heteroatoms. The molecule has 3 nitrogen and oxygen atoms in total. The van der Waals surface area contributed by atoms with E-state index >= 15 is 0 Å². The van der Waals surface area contributed by atoms with Gasteiger partial charge in [0.25, 0.3) is 0 Å². The van der Waals surface area contributed by atoms with Crippen molar-refractivity contribution >= 4 is 16.5 Å². The largest absolute Gasteiger partial charge is 0.381 e. The fraction of sp³-hybridized carbons (Fsp3) is 0.333. The van der Waals surface area contributed by atoms with Crippen molar-refractivity contribution in [1.29, 1.82) is 0 Å². The fourth-order valence-corrected chi connectivity index (χ4v) is 2.84. The molecule has 2 rings (SSSR count). The van der Waals surface area contributed by atoms with E-state index in [4.69, 9.17) is 0 Å². The van der Waals surface area contributed by atoms with E-state index < -0.39 is 10.8 Å². The molecule has 118 valence electrons. The predicted molar refractivity (Wildman–Crippen MR) is 94.7 cm³/mol. The minimum atomic E-state index is -0.915. The van der Waals surface area contributed by atoms with Crippen LogP contribution in [-0.2, 0) is 23.9 Å². The molecular weight excluding hydrogens is 292 g/mol. The van der Waals surface area contributed by atoms with Crippen molar-refractivity contribution in [2.24, 2.45) is 0 Å². The lowest BCUT2D eigenvalue weighted by Gasteiger charge is -2.14. The third kappa shape index (κ3) is 4.68. The van der Waals surface area contributed by atoms with Gasteiger partial charge in [0.2, 0.25) is 0 Å². The summed E-state index contributed by atoms with van der Waals surface area (Å²) in [6.45, 7) is 3.82. The Morgan fingerprint density at radius 3 is 2.27 bits per heavy atom. The molecule has 0 saturated carbocycles.